The average molecular weight is 761 g/mol. The molecule has 286 valence electrons. The van der Waals surface area contributed by atoms with Crippen LogP contribution in [0.3, 0.4) is 0 Å². The first kappa shape index (κ1) is 38.8. The van der Waals surface area contributed by atoms with Crippen molar-refractivity contribution in [1.82, 2.24) is 0 Å². The van der Waals surface area contributed by atoms with Crippen LogP contribution in [0.25, 0.3) is 11.1 Å². The molecule has 0 amide bonds. The van der Waals surface area contributed by atoms with Gasteiger partial charge < -0.3 is 19.3 Å². The Hall–Kier alpha value is -7.44. The standard InChI is InChI=1S/C52H44N2O4/c1-3-53(42-24-12-6-13-25-42)36-47(40-20-8-4-9-21-40)52(56)46-29-17-19-31-50(46)58-38-39-32-34-44(35-33-39)54(43-26-14-7-15-27-43)37-48(41-22-10-5-11-23-41)51(55)45-28-16-18-30-49(45)57-2/h4-37H,3,38H2,1-2H3/b47-36+,48-37+. The van der Waals surface area contributed by atoms with E-state index in [1.54, 1.807) is 19.2 Å². The molecule has 6 nitrogen and oxygen atoms in total. The summed E-state index contributed by atoms with van der Waals surface area (Å²) in [5.41, 5.74) is 7.29. The summed E-state index contributed by atoms with van der Waals surface area (Å²) < 4.78 is 12.0. The van der Waals surface area contributed by atoms with Crippen molar-refractivity contribution in [2.24, 2.45) is 0 Å². The number of anilines is 3. The summed E-state index contributed by atoms with van der Waals surface area (Å²) in [5, 5.41) is 0. The number of nitrogens with zero attached hydrogens (tertiary/aromatic N) is 2. The van der Waals surface area contributed by atoms with Gasteiger partial charge in [0.05, 0.1) is 18.2 Å². The number of methoxy groups -OCH3 is 1. The minimum absolute atomic E-state index is 0.131. The molecule has 0 aliphatic rings. The first-order valence-corrected chi connectivity index (χ1v) is 19.3. The summed E-state index contributed by atoms with van der Waals surface area (Å²) in [4.78, 5) is 32.9. The number of benzene rings is 7. The lowest BCUT2D eigenvalue weighted by Gasteiger charge is -2.23. The van der Waals surface area contributed by atoms with Gasteiger partial charge in [-0.15, -0.1) is 0 Å². The zero-order valence-electron chi connectivity index (χ0n) is 32.6. The van der Waals surface area contributed by atoms with Crippen LogP contribution in [0, 0.1) is 0 Å². The van der Waals surface area contributed by atoms with Crippen molar-refractivity contribution in [2.45, 2.75) is 13.5 Å². The van der Waals surface area contributed by atoms with Crippen molar-refractivity contribution in [3.63, 3.8) is 0 Å². The third-order valence-electron chi connectivity index (χ3n) is 9.76. The van der Waals surface area contributed by atoms with E-state index in [0.29, 0.717) is 40.3 Å². The number of carbonyl (C=O) groups is 2. The first-order chi connectivity index (χ1) is 28.5. The second-order valence-corrected chi connectivity index (χ2v) is 13.5. The second-order valence-electron chi connectivity index (χ2n) is 13.5. The molecule has 0 heterocycles. The van der Waals surface area contributed by atoms with Crippen molar-refractivity contribution >= 4 is 39.8 Å². The molecule has 58 heavy (non-hydrogen) atoms. The molecule has 0 saturated carbocycles. The molecular formula is C52H44N2O4. The topological polar surface area (TPSA) is 59.1 Å². The molecule has 0 atom stereocenters. The molecule has 7 rings (SSSR count). The van der Waals surface area contributed by atoms with Gasteiger partial charge in [-0.05, 0) is 84.3 Å². The number of hydrogen-bond acceptors (Lipinski definition) is 6. The van der Waals surface area contributed by atoms with E-state index in [0.717, 1.165) is 33.8 Å². The van der Waals surface area contributed by atoms with Gasteiger partial charge in [-0.25, -0.2) is 0 Å². The predicted molar refractivity (Wildman–Crippen MR) is 236 cm³/mol. The highest BCUT2D eigenvalue weighted by atomic mass is 16.5. The monoisotopic (exact) mass is 760 g/mol. The van der Waals surface area contributed by atoms with Gasteiger partial charge in [0.25, 0.3) is 0 Å². The molecule has 6 heteroatoms. The average Bonchev–Trinajstić information content (AvgIpc) is 3.30. The molecule has 0 unspecified atom stereocenters. The van der Waals surface area contributed by atoms with Gasteiger partial charge in [0.1, 0.15) is 18.1 Å². The second kappa shape index (κ2) is 18.9. The van der Waals surface area contributed by atoms with E-state index in [-0.39, 0.29) is 18.2 Å². The lowest BCUT2D eigenvalue weighted by atomic mass is 9.96. The van der Waals surface area contributed by atoms with Gasteiger partial charge in [-0.3, -0.25) is 9.59 Å². The smallest absolute Gasteiger partial charge is 0.198 e. The number of Topliss-reactive ketones (excluding diaryl/α,β-unsaturated/α-hetero) is 2. The summed E-state index contributed by atoms with van der Waals surface area (Å²) in [6, 6.07) is 62.1. The summed E-state index contributed by atoms with van der Waals surface area (Å²) in [7, 11) is 1.57. The maximum absolute atomic E-state index is 14.5. The van der Waals surface area contributed by atoms with Crippen LogP contribution in [-0.4, -0.2) is 25.2 Å². The maximum Gasteiger partial charge on any atom is 0.198 e. The molecular weight excluding hydrogens is 717 g/mol. The largest absolute Gasteiger partial charge is 0.496 e. The third-order valence-corrected chi connectivity index (χ3v) is 9.76. The lowest BCUT2D eigenvalue weighted by molar-refractivity contribution is 0.104. The highest BCUT2D eigenvalue weighted by Gasteiger charge is 2.22. The maximum atomic E-state index is 14.5. The number of rotatable bonds is 16. The van der Waals surface area contributed by atoms with E-state index in [9.17, 15) is 9.59 Å². The molecule has 0 saturated heterocycles. The van der Waals surface area contributed by atoms with Crippen LogP contribution >= 0.6 is 0 Å². The fraction of sp³-hybridized carbons (Fsp3) is 0.0769. The van der Waals surface area contributed by atoms with Gasteiger partial charge >= 0.3 is 0 Å². The molecule has 0 aliphatic carbocycles. The minimum Gasteiger partial charge on any atom is -0.496 e. The van der Waals surface area contributed by atoms with Crippen molar-refractivity contribution < 1.29 is 19.1 Å². The SMILES string of the molecule is CCN(/C=C(/C(=O)c1ccccc1OCc1ccc(N(/C=C(/C(=O)c2ccccc2OC)c2ccccc2)c2ccccc2)cc1)c1ccccc1)c1ccccc1. The highest BCUT2D eigenvalue weighted by molar-refractivity contribution is 6.31. The van der Waals surface area contributed by atoms with E-state index >= 15 is 0 Å². The zero-order valence-corrected chi connectivity index (χ0v) is 32.6. The summed E-state index contributed by atoms with van der Waals surface area (Å²) in [6.07, 6.45) is 3.82. The minimum atomic E-state index is -0.157. The van der Waals surface area contributed by atoms with E-state index in [4.69, 9.17) is 9.47 Å². The number of ether oxygens (including phenoxy) is 2. The Morgan fingerprint density at radius 1 is 0.483 bits per heavy atom. The van der Waals surface area contributed by atoms with Crippen molar-refractivity contribution in [1.29, 1.82) is 0 Å². The molecule has 0 N–H and O–H groups in total. The van der Waals surface area contributed by atoms with Gasteiger partial charge in [0, 0.05) is 47.2 Å². The molecule has 0 bridgehead atoms. The Kier molecular flexibility index (Phi) is 12.7. The van der Waals surface area contributed by atoms with Crippen LogP contribution in [0.2, 0.25) is 0 Å². The fourth-order valence-corrected chi connectivity index (χ4v) is 6.72. The number of ketones is 2. The Morgan fingerprint density at radius 2 is 0.914 bits per heavy atom. The molecule has 7 aromatic rings. The third kappa shape index (κ3) is 9.15. The van der Waals surface area contributed by atoms with Crippen molar-refractivity contribution in [2.75, 3.05) is 23.5 Å². The zero-order chi connectivity index (χ0) is 40.1. The first-order valence-electron chi connectivity index (χ1n) is 19.3. The summed E-state index contributed by atoms with van der Waals surface area (Å²) in [5.74, 6) is 0.720. The molecule has 0 spiro atoms. The van der Waals surface area contributed by atoms with Crippen LogP contribution in [0.4, 0.5) is 17.1 Å². The number of allylic oxidation sites excluding steroid dienone is 2. The Morgan fingerprint density at radius 3 is 1.45 bits per heavy atom. The van der Waals surface area contributed by atoms with Gasteiger partial charge in [0.15, 0.2) is 11.6 Å². The van der Waals surface area contributed by atoms with Crippen LogP contribution in [0.15, 0.2) is 207 Å². The fourth-order valence-electron chi connectivity index (χ4n) is 6.72. The van der Waals surface area contributed by atoms with Crippen molar-refractivity contribution in [3.8, 4) is 11.5 Å². The van der Waals surface area contributed by atoms with E-state index < -0.39 is 0 Å². The van der Waals surface area contributed by atoms with Crippen LogP contribution in [0.1, 0.15) is 44.3 Å². The molecule has 0 aromatic heterocycles. The van der Waals surface area contributed by atoms with Crippen LogP contribution < -0.4 is 19.3 Å². The number of hydrogen-bond donors (Lipinski definition) is 0. The quantitative estimate of drug-likeness (QED) is 0.0722. The normalized spacial score (nSPS) is 11.4. The van der Waals surface area contributed by atoms with Crippen molar-refractivity contribution in [3.05, 3.63) is 234 Å². The van der Waals surface area contributed by atoms with E-state index in [1.165, 1.54) is 0 Å². The van der Waals surface area contributed by atoms with Crippen LogP contribution in [-0.2, 0) is 6.61 Å². The Balaban J connectivity index is 1.18. The molecule has 0 radical (unpaired) electrons. The predicted octanol–water partition coefficient (Wildman–Crippen LogP) is 12.1. The van der Waals surface area contributed by atoms with Crippen LogP contribution in [0.5, 0.6) is 11.5 Å². The Bertz CT molecular complexity index is 2500. The Labute approximate surface area is 340 Å². The van der Waals surface area contributed by atoms with E-state index in [2.05, 4.69) is 11.8 Å². The van der Waals surface area contributed by atoms with Gasteiger partial charge in [-0.1, -0.05) is 133 Å². The lowest BCUT2D eigenvalue weighted by Crippen LogP contribution is -2.18. The summed E-state index contributed by atoms with van der Waals surface area (Å²) >= 11 is 0. The summed E-state index contributed by atoms with van der Waals surface area (Å²) in [6.45, 7) is 2.99. The molecule has 7 aromatic carbocycles. The number of para-hydroxylation sites is 4. The molecule has 0 fully saturated rings. The van der Waals surface area contributed by atoms with Gasteiger partial charge in [-0.2, -0.15) is 0 Å². The number of carbonyl (C=O) groups excluding carboxylic acids is 2. The van der Waals surface area contributed by atoms with E-state index in [1.807, 2.05) is 199 Å². The highest BCUT2D eigenvalue weighted by Crippen LogP contribution is 2.33. The van der Waals surface area contributed by atoms with Gasteiger partial charge in [0.2, 0.25) is 0 Å². The molecule has 0 aliphatic heterocycles.